The normalized spacial score (nSPS) is 12.2. The molecule has 0 fully saturated rings. The summed E-state index contributed by atoms with van der Waals surface area (Å²) in [7, 11) is 0. The van der Waals surface area contributed by atoms with E-state index in [4.69, 9.17) is 11.6 Å². The maximum atomic E-state index is 14.1. The van der Waals surface area contributed by atoms with E-state index < -0.39 is 11.7 Å². The molecule has 1 aromatic heterocycles. The Morgan fingerprint density at radius 3 is 2.61 bits per heavy atom. The highest BCUT2D eigenvalue weighted by molar-refractivity contribution is 7.22. The largest absolute Gasteiger partial charge is 0.393 e. The van der Waals surface area contributed by atoms with Crippen molar-refractivity contribution in [2.24, 2.45) is 17.5 Å². The van der Waals surface area contributed by atoms with Gasteiger partial charge in [-0.2, -0.15) is 0 Å². The number of anilines is 2. The number of hydrogen-bond acceptors (Lipinski definition) is 6. The van der Waals surface area contributed by atoms with E-state index in [2.05, 4.69) is 10.3 Å². The van der Waals surface area contributed by atoms with Gasteiger partial charge in [0.25, 0.3) is 5.91 Å². The number of hydrazine groups is 1. The first kappa shape index (κ1) is 19.7. The second kappa shape index (κ2) is 7.91. The van der Waals surface area contributed by atoms with E-state index >= 15 is 0 Å². The van der Waals surface area contributed by atoms with Crippen LogP contribution in [0.15, 0.2) is 53.9 Å². The third kappa shape index (κ3) is 3.95. The number of nitrogens with two attached hydrogens (primary N) is 2. The van der Waals surface area contributed by atoms with E-state index in [9.17, 15) is 13.6 Å². The fraction of sp³-hybridized carbons (Fsp3) is 0.158. The molecule has 9 heteroatoms. The van der Waals surface area contributed by atoms with Gasteiger partial charge in [-0.15, -0.1) is 0 Å². The number of carbonyl (C=O) groups excluding carboxylic acids is 1. The van der Waals surface area contributed by atoms with E-state index in [0.717, 1.165) is 16.3 Å². The average Bonchev–Trinajstić information content (AvgIpc) is 3.02. The van der Waals surface area contributed by atoms with Crippen LogP contribution in [0.3, 0.4) is 0 Å². The van der Waals surface area contributed by atoms with Gasteiger partial charge in [-0.25, -0.2) is 19.6 Å². The molecular formula is C19H19F2N5OS. The predicted octanol–water partition coefficient (Wildman–Crippen LogP) is 3.72. The van der Waals surface area contributed by atoms with Gasteiger partial charge in [0.1, 0.15) is 17.3 Å². The number of para-hydroxylation sites is 1. The van der Waals surface area contributed by atoms with Gasteiger partial charge in [0.15, 0.2) is 5.13 Å². The van der Waals surface area contributed by atoms with Crippen LogP contribution in [0.2, 0.25) is 0 Å². The summed E-state index contributed by atoms with van der Waals surface area (Å²) in [5.41, 5.74) is 6.81. The van der Waals surface area contributed by atoms with Gasteiger partial charge in [0.2, 0.25) is 0 Å². The van der Waals surface area contributed by atoms with Crippen LogP contribution in [-0.2, 0) is 4.79 Å². The van der Waals surface area contributed by atoms with Gasteiger partial charge in [0, 0.05) is 0 Å². The summed E-state index contributed by atoms with van der Waals surface area (Å²) < 4.78 is 28.0. The average molecular weight is 403 g/mol. The van der Waals surface area contributed by atoms with Crippen molar-refractivity contribution in [3.63, 3.8) is 0 Å². The summed E-state index contributed by atoms with van der Waals surface area (Å²) in [6.45, 7) is 3.58. The van der Waals surface area contributed by atoms with Crippen molar-refractivity contribution in [1.82, 2.24) is 4.98 Å². The Kier molecular flexibility index (Phi) is 5.57. The summed E-state index contributed by atoms with van der Waals surface area (Å²) in [5, 5.41) is 3.94. The molecule has 6 nitrogen and oxygen atoms in total. The Bertz CT molecular complexity index is 1060. The predicted molar refractivity (Wildman–Crippen MR) is 107 cm³/mol. The standard InChI is InChI=1S/C19H19F2N5OS/c1-10(2)17(26(23)14-6-4-3-5-12(14)21)16(22)18(27)25-19-24-13-8-7-11(20)9-15(13)28-19/h3-10H,22-23H2,1-2H3,(H,24,25,27)/b17-16-. The number of rotatable bonds is 5. The SMILES string of the molecule is CC(C)/C(=C(/N)C(=O)Nc1nc2ccc(F)cc2s1)N(N)c1ccccc1F. The van der Waals surface area contributed by atoms with E-state index in [1.807, 2.05) is 0 Å². The lowest BCUT2D eigenvalue weighted by molar-refractivity contribution is -0.113. The fourth-order valence-corrected chi connectivity index (χ4v) is 3.61. The molecule has 1 heterocycles. The summed E-state index contributed by atoms with van der Waals surface area (Å²) in [6, 6.07) is 10.1. The Labute approximate surface area is 164 Å². The van der Waals surface area contributed by atoms with Gasteiger partial charge in [-0.1, -0.05) is 37.3 Å². The van der Waals surface area contributed by atoms with Crippen LogP contribution in [0.4, 0.5) is 19.6 Å². The molecule has 5 N–H and O–H groups in total. The highest BCUT2D eigenvalue weighted by Gasteiger charge is 2.23. The van der Waals surface area contributed by atoms with Gasteiger partial charge in [-0.3, -0.25) is 15.1 Å². The van der Waals surface area contributed by atoms with Crippen LogP contribution in [0, 0.1) is 17.6 Å². The molecular weight excluding hydrogens is 384 g/mol. The van der Waals surface area contributed by atoms with Gasteiger partial charge in [-0.05, 0) is 36.2 Å². The molecule has 0 atom stereocenters. The number of allylic oxidation sites excluding steroid dienone is 1. The first-order valence-corrected chi connectivity index (χ1v) is 9.26. The van der Waals surface area contributed by atoms with Gasteiger partial charge >= 0.3 is 0 Å². The van der Waals surface area contributed by atoms with Crippen molar-refractivity contribution < 1.29 is 13.6 Å². The van der Waals surface area contributed by atoms with Crippen molar-refractivity contribution in [2.45, 2.75) is 13.8 Å². The number of aromatic nitrogens is 1. The summed E-state index contributed by atoms with van der Waals surface area (Å²) in [4.78, 5) is 16.9. The van der Waals surface area contributed by atoms with Crippen molar-refractivity contribution >= 4 is 38.3 Å². The molecule has 0 saturated carbocycles. The van der Waals surface area contributed by atoms with E-state index in [-0.39, 0.29) is 33.9 Å². The van der Waals surface area contributed by atoms with E-state index in [1.54, 1.807) is 19.9 Å². The van der Waals surface area contributed by atoms with E-state index in [1.165, 1.54) is 36.4 Å². The number of halogens is 2. The number of carbonyl (C=O) groups is 1. The lowest BCUT2D eigenvalue weighted by atomic mass is 10.1. The number of thiazole rings is 1. The molecule has 0 aliphatic heterocycles. The zero-order valence-electron chi connectivity index (χ0n) is 15.2. The highest BCUT2D eigenvalue weighted by Crippen LogP contribution is 2.28. The minimum Gasteiger partial charge on any atom is -0.393 e. The van der Waals surface area contributed by atoms with E-state index in [0.29, 0.717) is 10.2 Å². The fourth-order valence-electron chi connectivity index (χ4n) is 2.73. The van der Waals surface area contributed by atoms with Crippen LogP contribution in [-0.4, -0.2) is 10.9 Å². The zero-order valence-corrected chi connectivity index (χ0v) is 16.1. The number of nitrogens with zero attached hydrogens (tertiary/aromatic N) is 2. The third-order valence-corrected chi connectivity index (χ3v) is 4.94. The number of fused-ring (bicyclic) bond motifs is 1. The Morgan fingerprint density at radius 1 is 1.21 bits per heavy atom. The minimum atomic E-state index is -0.630. The maximum Gasteiger partial charge on any atom is 0.275 e. The molecule has 28 heavy (non-hydrogen) atoms. The quantitative estimate of drug-likeness (QED) is 0.343. The van der Waals surface area contributed by atoms with Crippen molar-refractivity contribution in [3.8, 4) is 0 Å². The smallest absolute Gasteiger partial charge is 0.275 e. The first-order valence-electron chi connectivity index (χ1n) is 8.44. The van der Waals surface area contributed by atoms with Crippen LogP contribution in [0.25, 0.3) is 10.2 Å². The number of hydrogen-bond donors (Lipinski definition) is 3. The number of benzene rings is 2. The lowest BCUT2D eigenvalue weighted by Gasteiger charge is -2.26. The monoisotopic (exact) mass is 403 g/mol. The van der Waals surface area contributed by atoms with Crippen molar-refractivity contribution in [2.75, 3.05) is 10.3 Å². The minimum absolute atomic E-state index is 0.0948. The second-order valence-corrected chi connectivity index (χ2v) is 7.39. The van der Waals surface area contributed by atoms with Crippen molar-refractivity contribution in [3.05, 3.63) is 65.5 Å². The molecule has 3 rings (SSSR count). The van der Waals surface area contributed by atoms with Crippen LogP contribution >= 0.6 is 11.3 Å². The molecule has 0 unspecified atom stereocenters. The lowest BCUT2D eigenvalue weighted by Crippen LogP contribution is -2.38. The summed E-state index contributed by atoms with van der Waals surface area (Å²) in [5.74, 6) is 4.25. The molecule has 0 radical (unpaired) electrons. The van der Waals surface area contributed by atoms with Crippen LogP contribution in [0.1, 0.15) is 13.8 Å². The zero-order chi connectivity index (χ0) is 20.4. The molecule has 0 spiro atoms. The Morgan fingerprint density at radius 2 is 1.93 bits per heavy atom. The maximum absolute atomic E-state index is 14.1. The molecule has 3 aromatic rings. The molecule has 0 aliphatic carbocycles. The first-order chi connectivity index (χ1) is 13.3. The highest BCUT2D eigenvalue weighted by atomic mass is 32.1. The molecule has 146 valence electrons. The molecule has 2 aromatic carbocycles. The summed E-state index contributed by atoms with van der Waals surface area (Å²) >= 11 is 1.12. The van der Waals surface area contributed by atoms with Crippen LogP contribution in [0.5, 0.6) is 0 Å². The topological polar surface area (TPSA) is 97.3 Å². The second-order valence-electron chi connectivity index (χ2n) is 6.36. The Balaban J connectivity index is 1.92. The molecule has 0 bridgehead atoms. The number of nitrogens with one attached hydrogen (secondary N) is 1. The summed E-state index contributed by atoms with van der Waals surface area (Å²) in [6.07, 6.45) is 0. The Hall–Kier alpha value is -3.04. The van der Waals surface area contributed by atoms with Crippen LogP contribution < -0.4 is 21.9 Å². The number of amides is 1. The van der Waals surface area contributed by atoms with Crippen molar-refractivity contribution in [1.29, 1.82) is 0 Å². The van der Waals surface area contributed by atoms with Gasteiger partial charge < -0.3 is 5.73 Å². The third-order valence-electron chi connectivity index (χ3n) is 4.01. The van der Waals surface area contributed by atoms with Gasteiger partial charge in [0.05, 0.1) is 21.6 Å². The molecule has 0 aliphatic rings. The molecule has 1 amide bonds. The molecule has 0 saturated heterocycles.